The number of aliphatic imine (C=N–C) groups is 1. The van der Waals surface area contributed by atoms with Crippen molar-refractivity contribution < 1.29 is 14.3 Å². The first kappa shape index (κ1) is 23.8. The first-order chi connectivity index (χ1) is 15.8. The molecule has 8 nitrogen and oxygen atoms in total. The number of carbonyl (C=O) groups excluding carboxylic acids is 1. The van der Waals surface area contributed by atoms with E-state index in [2.05, 4.69) is 22.7 Å². The van der Waals surface area contributed by atoms with Crippen molar-refractivity contribution in [3.05, 3.63) is 70.5 Å². The van der Waals surface area contributed by atoms with Gasteiger partial charge >= 0.3 is 0 Å². The van der Waals surface area contributed by atoms with Crippen LogP contribution in [0, 0.1) is 20.8 Å². The summed E-state index contributed by atoms with van der Waals surface area (Å²) in [5, 5.41) is 10.7. The van der Waals surface area contributed by atoms with Crippen molar-refractivity contribution in [2.24, 2.45) is 4.99 Å². The monoisotopic (exact) mass is 449 g/mol. The van der Waals surface area contributed by atoms with Gasteiger partial charge in [-0.3, -0.25) is 14.8 Å². The first-order valence-corrected chi connectivity index (χ1v) is 10.8. The summed E-state index contributed by atoms with van der Waals surface area (Å²) >= 11 is 0. The Morgan fingerprint density at radius 2 is 1.76 bits per heavy atom. The van der Waals surface area contributed by atoms with E-state index < -0.39 is 0 Å². The van der Waals surface area contributed by atoms with E-state index in [-0.39, 0.29) is 5.91 Å². The summed E-state index contributed by atoms with van der Waals surface area (Å²) in [5.41, 5.74) is 5.25. The minimum Gasteiger partial charge on any atom is -0.497 e. The lowest BCUT2D eigenvalue weighted by atomic mass is 10.1. The highest BCUT2D eigenvalue weighted by Crippen LogP contribution is 2.26. The Hall–Kier alpha value is -3.81. The van der Waals surface area contributed by atoms with Gasteiger partial charge in [-0.15, -0.1) is 0 Å². The second-order valence-electron chi connectivity index (χ2n) is 7.68. The van der Waals surface area contributed by atoms with Crippen LogP contribution in [0.2, 0.25) is 0 Å². The predicted octanol–water partition coefficient (Wildman–Crippen LogP) is 4.24. The number of carbonyl (C=O) groups is 1. The molecule has 8 heteroatoms. The van der Waals surface area contributed by atoms with E-state index in [1.54, 1.807) is 26.4 Å². The first-order valence-electron chi connectivity index (χ1n) is 10.8. The molecular weight excluding hydrogens is 418 g/mol. The Balaban J connectivity index is 1.93. The fourth-order valence-electron chi connectivity index (χ4n) is 3.52. The third-order valence-electron chi connectivity index (χ3n) is 5.35. The Bertz CT molecular complexity index is 1140. The van der Waals surface area contributed by atoms with Gasteiger partial charge in [-0.2, -0.15) is 5.10 Å². The van der Waals surface area contributed by atoms with Crippen molar-refractivity contribution in [1.29, 1.82) is 0 Å². The highest BCUT2D eigenvalue weighted by Gasteiger charge is 2.14. The fourth-order valence-corrected chi connectivity index (χ4v) is 3.52. The number of aromatic nitrogens is 2. The number of benzene rings is 2. The molecule has 0 atom stereocenters. The van der Waals surface area contributed by atoms with Gasteiger partial charge in [0.15, 0.2) is 0 Å². The van der Waals surface area contributed by atoms with Crippen molar-refractivity contribution >= 4 is 17.6 Å². The summed E-state index contributed by atoms with van der Waals surface area (Å²) in [5.74, 6) is 1.31. The van der Waals surface area contributed by atoms with Gasteiger partial charge in [0.25, 0.3) is 5.91 Å². The third-order valence-corrected chi connectivity index (χ3v) is 5.35. The van der Waals surface area contributed by atoms with Crippen LogP contribution >= 0.6 is 0 Å². The summed E-state index contributed by atoms with van der Waals surface area (Å²) in [6, 6.07) is 12.8. The number of guanidine groups is 1. The van der Waals surface area contributed by atoms with Gasteiger partial charge in [0.05, 0.1) is 26.5 Å². The van der Waals surface area contributed by atoms with Gasteiger partial charge in [-0.25, -0.2) is 4.99 Å². The molecule has 1 amide bonds. The molecule has 0 saturated carbocycles. The van der Waals surface area contributed by atoms with E-state index in [0.29, 0.717) is 35.3 Å². The summed E-state index contributed by atoms with van der Waals surface area (Å²) in [4.78, 5) is 17.6. The van der Waals surface area contributed by atoms with E-state index in [1.165, 1.54) is 0 Å². The van der Waals surface area contributed by atoms with Crippen molar-refractivity contribution in [2.45, 2.75) is 40.8 Å². The van der Waals surface area contributed by atoms with Crippen LogP contribution in [-0.2, 0) is 13.1 Å². The van der Waals surface area contributed by atoms with Crippen LogP contribution in [0.1, 0.15) is 39.8 Å². The third kappa shape index (κ3) is 5.91. The molecule has 1 heterocycles. The normalized spacial score (nSPS) is 11.3. The number of nitrogens with one attached hydrogen (secondary N) is 2. The van der Waals surface area contributed by atoms with Crippen LogP contribution in [0.25, 0.3) is 0 Å². The van der Waals surface area contributed by atoms with Crippen LogP contribution in [0.15, 0.2) is 47.5 Å². The minimum atomic E-state index is -0.252. The number of amides is 1. The second kappa shape index (κ2) is 10.7. The maximum atomic E-state index is 12.9. The lowest BCUT2D eigenvalue weighted by molar-refractivity contribution is 0.0977. The summed E-state index contributed by atoms with van der Waals surface area (Å²) < 4.78 is 12.7. The molecule has 2 N–H and O–H groups in total. The van der Waals surface area contributed by atoms with E-state index in [9.17, 15) is 4.79 Å². The molecule has 0 aliphatic carbocycles. The summed E-state index contributed by atoms with van der Waals surface area (Å²) in [6.45, 7) is 9.15. The van der Waals surface area contributed by atoms with Crippen LogP contribution in [-0.4, -0.2) is 35.9 Å². The van der Waals surface area contributed by atoms with Crippen molar-refractivity contribution in [3.8, 4) is 11.5 Å². The average Bonchev–Trinajstić information content (AvgIpc) is 3.09. The Labute approximate surface area is 194 Å². The van der Waals surface area contributed by atoms with Crippen molar-refractivity contribution in [2.75, 3.05) is 19.5 Å². The SMILES string of the molecule is CCn1nc(C)c(CN=C(NC(=O)c2cccc(C)c2)Nc2cc(OC)cc(OC)c2)c1C. The van der Waals surface area contributed by atoms with E-state index in [0.717, 1.165) is 29.1 Å². The zero-order valence-electron chi connectivity index (χ0n) is 20.0. The number of hydrogen-bond donors (Lipinski definition) is 2. The predicted molar refractivity (Wildman–Crippen MR) is 130 cm³/mol. The molecule has 33 heavy (non-hydrogen) atoms. The molecule has 3 rings (SSSR count). The lowest BCUT2D eigenvalue weighted by Crippen LogP contribution is -2.36. The van der Waals surface area contributed by atoms with Gasteiger partial charge in [0, 0.05) is 47.3 Å². The second-order valence-corrected chi connectivity index (χ2v) is 7.68. The molecule has 0 saturated heterocycles. The molecule has 0 aliphatic heterocycles. The van der Waals surface area contributed by atoms with Crippen molar-refractivity contribution in [3.63, 3.8) is 0 Å². The number of ether oxygens (including phenoxy) is 2. The van der Waals surface area contributed by atoms with E-state index >= 15 is 0 Å². The number of aryl methyl sites for hydroxylation is 3. The lowest BCUT2D eigenvalue weighted by Gasteiger charge is -2.14. The standard InChI is InChI=1S/C25H31N5O3/c1-7-30-18(4)23(17(3)29-30)15-26-25(28-24(31)19-10-8-9-16(2)11-19)27-20-12-21(32-5)14-22(13-20)33-6/h8-14H,7,15H2,1-6H3,(H2,26,27,28,31). The van der Waals surface area contributed by atoms with Crippen molar-refractivity contribution in [1.82, 2.24) is 15.1 Å². The largest absolute Gasteiger partial charge is 0.497 e. The number of nitrogens with zero attached hydrogens (tertiary/aromatic N) is 3. The van der Waals surface area contributed by atoms with Crippen LogP contribution in [0.3, 0.4) is 0 Å². The number of anilines is 1. The quantitative estimate of drug-likeness (QED) is 0.416. The Morgan fingerprint density at radius 3 is 2.33 bits per heavy atom. The van der Waals surface area contributed by atoms with E-state index in [4.69, 9.17) is 14.5 Å². The zero-order chi connectivity index (χ0) is 24.0. The minimum absolute atomic E-state index is 0.252. The van der Waals surface area contributed by atoms with E-state index in [1.807, 2.05) is 55.8 Å². The molecule has 1 aromatic heterocycles. The fraction of sp³-hybridized carbons (Fsp3) is 0.320. The molecule has 174 valence electrons. The summed E-state index contributed by atoms with van der Waals surface area (Å²) in [7, 11) is 3.17. The molecule has 0 bridgehead atoms. The van der Waals surface area contributed by atoms with Gasteiger partial charge in [-0.05, 0) is 39.8 Å². The smallest absolute Gasteiger partial charge is 0.257 e. The molecular formula is C25H31N5O3. The average molecular weight is 450 g/mol. The molecule has 0 fully saturated rings. The van der Waals surface area contributed by atoms with Crippen LogP contribution in [0.4, 0.5) is 5.69 Å². The molecule has 0 unspecified atom stereocenters. The van der Waals surface area contributed by atoms with Gasteiger partial charge < -0.3 is 14.8 Å². The Kier molecular flexibility index (Phi) is 7.71. The topological polar surface area (TPSA) is 89.8 Å². The van der Waals surface area contributed by atoms with Crippen LogP contribution < -0.4 is 20.1 Å². The zero-order valence-corrected chi connectivity index (χ0v) is 20.0. The highest BCUT2D eigenvalue weighted by molar-refractivity contribution is 6.10. The van der Waals surface area contributed by atoms with Crippen LogP contribution in [0.5, 0.6) is 11.5 Å². The molecule has 0 aliphatic rings. The molecule has 0 radical (unpaired) electrons. The van der Waals surface area contributed by atoms with Gasteiger partial charge in [-0.1, -0.05) is 17.7 Å². The molecule has 2 aromatic carbocycles. The van der Waals surface area contributed by atoms with Gasteiger partial charge in [0.2, 0.25) is 5.96 Å². The molecule has 3 aromatic rings. The van der Waals surface area contributed by atoms with Gasteiger partial charge in [0.1, 0.15) is 11.5 Å². The maximum Gasteiger partial charge on any atom is 0.257 e. The Morgan fingerprint density at radius 1 is 1.06 bits per heavy atom. The highest BCUT2D eigenvalue weighted by atomic mass is 16.5. The number of methoxy groups -OCH3 is 2. The maximum absolute atomic E-state index is 12.9. The number of hydrogen-bond acceptors (Lipinski definition) is 5. The molecule has 0 spiro atoms. The number of rotatable bonds is 7. The summed E-state index contributed by atoms with van der Waals surface area (Å²) in [6.07, 6.45) is 0.